The van der Waals surface area contributed by atoms with Crippen LogP contribution in [0.3, 0.4) is 0 Å². The van der Waals surface area contributed by atoms with Gasteiger partial charge in [-0.15, -0.1) is 0 Å². The van der Waals surface area contributed by atoms with Crippen molar-refractivity contribution < 1.29 is 0 Å². The molecular formula is C63H47N3. The van der Waals surface area contributed by atoms with Gasteiger partial charge in [0.1, 0.15) is 0 Å². The largest absolute Gasteiger partial charge is 0.397 e. The molecule has 0 fully saturated rings. The first-order valence-corrected chi connectivity index (χ1v) is 22.9. The number of nitrogens with one attached hydrogen (secondary N) is 1. The number of nitrogen functional groups attached to an aromatic ring is 1. The maximum Gasteiger partial charge on any atom is 0.0618 e. The number of hydrogen-bond acceptors (Lipinski definition) is 2. The zero-order chi connectivity index (χ0) is 44.1. The molecule has 0 aliphatic heterocycles. The molecule has 11 aromatic rings. The van der Waals surface area contributed by atoms with Gasteiger partial charge in [0.25, 0.3) is 0 Å². The molecule has 0 saturated heterocycles. The number of nitrogens with zero attached hydrogens (tertiary/aromatic N) is 1. The number of aromatic nitrogens is 1. The first-order chi connectivity index (χ1) is 32.6. The second-order valence-electron chi connectivity index (χ2n) is 17.7. The van der Waals surface area contributed by atoms with Crippen LogP contribution in [-0.4, -0.2) is 4.57 Å². The Morgan fingerprint density at radius 1 is 0.545 bits per heavy atom. The van der Waals surface area contributed by atoms with Crippen LogP contribution in [0.4, 0.5) is 11.4 Å². The molecule has 3 nitrogen and oxygen atoms in total. The Morgan fingerprint density at radius 3 is 1.76 bits per heavy atom. The van der Waals surface area contributed by atoms with Gasteiger partial charge in [0.2, 0.25) is 0 Å². The van der Waals surface area contributed by atoms with Gasteiger partial charge >= 0.3 is 0 Å². The number of allylic oxidation sites excluding steroid dienone is 4. The Kier molecular flexibility index (Phi) is 9.69. The standard InChI is InChI=1S/C63H47N3/c1-41-16-14-21-46(36-41)42-30-32-45(33-31-42)59(65-58-29-13-12-28-57(58)64)38-48-23-15-22-47-37-49(34-35-50(47)48)66-60-39-55(43-17-4-2-5-18-43)51-24-8-10-26-53(51)62(60)63-54-27-11-9-25-52(54)56(40-61(63)66)44-19-6-3-7-20-44/h2-35,37-41,65H,36,64H2,1H3/b59-38+. The molecule has 1 atom stereocenters. The smallest absolute Gasteiger partial charge is 0.0618 e. The quantitative estimate of drug-likeness (QED) is 0.118. The molecule has 1 aliphatic rings. The van der Waals surface area contributed by atoms with Gasteiger partial charge in [-0.25, -0.2) is 0 Å². The van der Waals surface area contributed by atoms with Crippen molar-refractivity contribution in [2.75, 3.05) is 11.1 Å². The zero-order valence-electron chi connectivity index (χ0n) is 36.7. The summed E-state index contributed by atoms with van der Waals surface area (Å²) in [4.78, 5) is 0. The van der Waals surface area contributed by atoms with Gasteiger partial charge in [-0.2, -0.15) is 0 Å². The molecule has 0 amide bonds. The summed E-state index contributed by atoms with van der Waals surface area (Å²) < 4.78 is 2.51. The Morgan fingerprint density at radius 2 is 1.14 bits per heavy atom. The molecule has 0 bridgehead atoms. The van der Waals surface area contributed by atoms with E-state index in [2.05, 4.69) is 223 Å². The summed E-state index contributed by atoms with van der Waals surface area (Å²) in [5.41, 5.74) is 22.2. The molecule has 1 aromatic heterocycles. The van der Waals surface area contributed by atoms with E-state index in [1.165, 1.54) is 76.7 Å². The third-order valence-corrected chi connectivity index (χ3v) is 13.5. The number of hydrogen-bond donors (Lipinski definition) is 2. The van der Waals surface area contributed by atoms with E-state index in [0.29, 0.717) is 11.6 Å². The molecule has 3 heteroatoms. The topological polar surface area (TPSA) is 43.0 Å². The van der Waals surface area contributed by atoms with Crippen LogP contribution in [0.2, 0.25) is 0 Å². The number of fused-ring (bicyclic) bond motifs is 8. The van der Waals surface area contributed by atoms with Gasteiger partial charge < -0.3 is 15.6 Å². The van der Waals surface area contributed by atoms with Gasteiger partial charge in [-0.05, 0) is 132 Å². The number of benzene rings is 10. The lowest BCUT2D eigenvalue weighted by molar-refractivity contribution is 0.749. The molecular weight excluding hydrogens is 799 g/mol. The molecule has 0 spiro atoms. The molecule has 1 heterocycles. The van der Waals surface area contributed by atoms with Crippen LogP contribution in [0.1, 0.15) is 30.0 Å². The summed E-state index contributed by atoms with van der Waals surface area (Å²) >= 11 is 0. The normalized spacial score (nSPS) is 14.1. The van der Waals surface area contributed by atoms with Gasteiger partial charge in [0, 0.05) is 22.2 Å². The molecule has 66 heavy (non-hydrogen) atoms. The molecule has 10 aromatic carbocycles. The molecule has 3 N–H and O–H groups in total. The molecule has 12 rings (SSSR count). The lowest BCUT2D eigenvalue weighted by Crippen LogP contribution is -2.03. The van der Waals surface area contributed by atoms with Gasteiger partial charge in [0.05, 0.1) is 22.4 Å². The van der Waals surface area contributed by atoms with E-state index in [1.807, 2.05) is 24.3 Å². The lowest BCUT2D eigenvalue weighted by Gasteiger charge is -2.17. The highest BCUT2D eigenvalue weighted by molar-refractivity contribution is 6.31. The average molecular weight is 846 g/mol. The summed E-state index contributed by atoms with van der Waals surface area (Å²) in [5.74, 6) is 0.531. The minimum absolute atomic E-state index is 0.531. The van der Waals surface area contributed by atoms with Crippen molar-refractivity contribution in [3.8, 4) is 27.9 Å². The molecule has 314 valence electrons. The fourth-order valence-corrected chi connectivity index (χ4v) is 10.3. The summed E-state index contributed by atoms with van der Waals surface area (Å²) in [5, 5.41) is 13.6. The van der Waals surface area contributed by atoms with E-state index in [1.54, 1.807) is 0 Å². The number of para-hydroxylation sites is 2. The molecule has 0 saturated carbocycles. The predicted octanol–water partition coefficient (Wildman–Crippen LogP) is 16.7. The second-order valence-corrected chi connectivity index (χ2v) is 17.7. The van der Waals surface area contributed by atoms with Crippen LogP contribution in [-0.2, 0) is 0 Å². The number of anilines is 2. The van der Waals surface area contributed by atoms with Crippen LogP contribution in [0, 0.1) is 5.92 Å². The van der Waals surface area contributed by atoms with Crippen LogP contribution in [0.5, 0.6) is 0 Å². The SMILES string of the molecule is CC1C=CC=C(c2ccc(/C(=C\c3cccc4cc(-n5c6cc(-c7ccccc7)c7ccccc7c6c6c7ccccc7c(-c7ccccc7)cc65)ccc34)Nc3ccccc3N)cc2)C1. The highest BCUT2D eigenvalue weighted by Gasteiger charge is 2.22. The first-order valence-electron chi connectivity index (χ1n) is 22.9. The third kappa shape index (κ3) is 6.85. The van der Waals surface area contributed by atoms with Crippen molar-refractivity contribution in [2.24, 2.45) is 5.92 Å². The molecule has 1 unspecified atom stereocenters. The Hall–Kier alpha value is -8.40. The van der Waals surface area contributed by atoms with Gasteiger partial charge in [-0.1, -0.05) is 195 Å². The average Bonchev–Trinajstić information content (AvgIpc) is 3.71. The first kappa shape index (κ1) is 39.2. The Bertz CT molecular complexity index is 3620. The second kappa shape index (κ2) is 16.3. The van der Waals surface area contributed by atoms with E-state index in [-0.39, 0.29) is 0 Å². The van der Waals surface area contributed by atoms with Crippen molar-refractivity contribution in [3.05, 3.63) is 241 Å². The lowest BCUT2D eigenvalue weighted by atomic mass is 9.90. The number of nitrogens with two attached hydrogens (primary N) is 1. The van der Waals surface area contributed by atoms with E-state index >= 15 is 0 Å². The van der Waals surface area contributed by atoms with Crippen molar-refractivity contribution in [1.29, 1.82) is 0 Å². The third-order valence-electron chi connectivity index (χ3n) is 13.5. The Balaban J connectivity index is 1.08. The summed E-state index contributed by atoms with van der Waals surface area (Å²) in [7, 11) is 0. The fourth-order valence-electron chi connectivity index (χ4n) is 10.3. The minimum atomic E-state index is 0.531. The van der Waals surface area contributed by atoms with Crippen molar-refractivity contribution in [1.82, 2.24) is 4.57 Å². The number of rotatable bonds is 8. The van der Waals surface area contributed by atoms with Gasteiger partial charge in [-0.3, -0.25) is 0 Å². The van der Waals surface area contributed by atoms with E-state index < -0.39 is 0 Å². The summed E-state index contributed by atoms with van der Waals surface area (Å²) in [6.45, 7) is 2.27. The van der Waals surface area contributed by atoms with Crippen LogP contribution in [0.25, 0.3) is 99.4 Å². The monoisotopic (exact) mass is 845 g/mol. The molecule has 0 radical (unpaired) electrons. The van der Waals surface area contributed by atoms with E-state index in [0.717, 1.165) is 45.4 Å². The van der Waals surface area contributed by atoms with Crippen molar-refractivity contribution >= 4 is 82.8 Å². The van der Waals surface area contributed by atoms with E-state index in [9.17, 15) is 0 Å². The minimum Gasteiger partial charge on any atom is -0.397 e. The maximum atomic E-state index is 6.55. The molecule has 1 aliphatic carbocycles. The van der Waals surface area contributed by atoms with E-state index in [4.69, 9.17) is 5.73 Å². The highest BCUT2D eigenvalue weighted by atomic mass is 15.0. The van der Waals surface area contributed by atoms with Crippen molar-refractivity contribution in [2.45, 2.75) is 13.3 Å². The van der Waals surface area contributed by atoms with Crippen LogP contribution < -0.4 is 11.1 Å². The predicted molar refractivity (Wildman–Crippen MR) is 284 cm³/mol. The zero-order valence-corrected chi connectivity index (χ0v) is 36.7. The highest BCUT2D eigenvalue weighted by Crippen LogP contribution is 2.46. The fraction of sp³-hybridized carbons (Fsp3) is 0.0476. The maximum absolute atomic E-state index is 6.55. The van der Waals surface area contributed by atoms with Crippen LogP contribution >= 0.6 is 0 Å². The van der Waals surface area contributed by atoms with Crippen molar-refractivity contribution in [3.63, 3.8) is 0 Å². The van der Waals surface area contributed by atoms with Gasteiger partial charge in [0.15, 0.2) is 0 Å². The van der Waals surface area contributed by atoms with Crippen LogP contribution in [0.15, 0.2) is 224 Å². The Labute approximate surface area is 385 Å². The summed E-state index contributed by atoms with van der Waals surface area (Å²) in [6, 6.07) is 74.9. The summed E-state index contributed by atoms with van der Waals surface area (Å²) in [6.07, 6.45) is 10.0.